The molecule has 10 nitrogen and oxygen atoms in total. The van der Waals surface area contributed by atoms with Gasteiger partial charge in [0.25, 0.3) is 0 Å². The first-order valence-electron chi connectivity index (χ1n) is 13.5. The van der Waals surface area contributed by atoms with Crippen LogP contribution in [-0.2, 0) is 40.4 Å². The van der Waals surface area contributed by atoms with Crippen molar-refractivity contribution in [3.8, 4) is 11.5 Å². The van der Waals surface area contributed by atoms with Gasteiger partial charge in [-0.1, -0.05) is 6.07 Å². The van der Waals surface area contributed by atoms with Crippen molar-refractivity contribution in [3.63, 3.8) is 0 Å². The Morgan fingerprint density at radius 3 is 2.49 bits per heavy atom. The molecule has 0 saturated carbocycles. The highest BCUT2D eigenvalue weighted by Gasteiger charge is 2.72. The number of likely N-dealkylation sites (N-methyl/N-ethyl adjacent to an activating group) is 1. The number of piperidine rings is 1. The van der Waals surface area contributed by atoms with Crippen molar-refractivity contribution in [3.05, 3.63) is 35.1 Å². The number of methoxy groups -OCH3 is 1. The van der Waals surface area contributed by atoms with Gasteiger partial charge in [-0.15, -0.1) is 0 Å². The van der Waals surface area contributed by atoms with Gasteiger partial charge < -0.3 is 38.4 Å². The Morgan fingerprint density at radius 1 is 1.13 bits per heavy atom. The number of hydrogen-bond donors (Lipinski definition) is 1. The number of rotatable bonds is 4. The first kappa shape index (κ1) is 26.6. The predicted molar refractivity (Wildman–Crippen MR) is 137 cm³/mol. The zero-order valence-electron chi connectivity index (χ0n) is 23.5. The number of nitrogens with zero attached hydrogens (tertiary/aromatic N) is 1. The number of carbonyl (C=O) groups is 2. The molecule has 1 aromatic rings. The molecular weight excluding hydrogens is 506 g/mol. The van der Waals surface area contributed by atoms with Crippen LogP contribution in [0.25, 0.3) is 0 Å². The Hall–Kier alpha value is -2.66. The van der Waals surface area contributed by atoms with Crippen molar-refractivity contribution in [2.24, 2.45) is 0 Å². The van der Waals surface area contributed by atoms with Crippen molar-refractivity contribution in [1.82, 2.24) is 4.90 Å². The molecule has 0 radical (unpaired) electrons. The normalized spacial score (nSPS) is 35.9. The molecule has 0 amide bonds. The minimum atomic E-state index is -1.33. The smallest absolute Gasteiger partial charge is 0.343 e. The number of esters is 2. The fraction of sp³-hybridized carbons (Fsp3) is 0.655. The minimum absolute atomic E-state index is 0.124. The van der Waals surface area contributed by atoms with Crippen LogP contribution in [0.3, 0.4) is 0 Å². The number of hydrogen-bond acceptors (Lipinski definition) is 10. The van der Waals surface area contributed by atoms with E-state index in [0.29, 0.717) is 24.3 Å². The van der Waals surface area contributed by atoms with Crippen molar-refractivity contribution in [2.45, 2.75) is 101 Å². The van der Waals surface area contributed by atoms with E-state index in [1.165, 1.54) is 0 Å². The Balaban J connectivity index is 1.36. The lowest BCUT2D eigenvalue weighted by Crippen LogP contribution is -2.74. The number of benzene rings is 1. The van der Waals surface area contributed by atoms with Gasteiger partial charge in [0.15, 0.2) is 35.6 Å². The quantitative estimate of drug-likeness (QED) is 0.568. The molecule has 1 N–H and O–H groups in total. The molecule has 3 heterocycles. The van der Waals surface area contributed by atoms with Gasteiger partial charge >= 0.3 is 11.9 Å². The second-order valence-corrected chi connectivity index (χ2v) is 12.7. The predicted octanol–water partition coefficient (Wildman–Crippen LogP) is 2.38. The SMILES string of the molecule is COc1ccc2c3c1O[C@H]1C(OC(=O)[C@@H]4OC(C)(C)O[C@H]4C(=O)OC(C)(C)C)=CC[C@@]4(O)[C@@H](C2)N(C)CC[C@]314. The van der Waals surface area contributed by atoms with Crippen LogP contribution < -0.4 is 9.47 Å². The summed E-state index contributed by atoms with van der Waals surface area (Å²) in [6.07, 6.45) is -0.0678. The van der Waals surface area contributed by atoms with Crippen LogP contribution in [0.1, 0.15) is 58.6 Å². The van der Waals surface area contributed by atoms with Crippen molar-refractivity contribution < 1.29 is 43.1 Å². The topological polar surface area (TPSA) is 113 Å². The molecule has 0 unspecified atom stereocenters. The Labute approximate surface area is 228 Å². The average molecular weight is 544 g/mol. The molecule has 3 aliphatic heterocycles. The van der Waals surface area contributed by atoms with Crippen LogP contribution in [0.5, 0.6) is 11.5 Å². The van der Waals surface area contributed by atoms with Crippen LogP contribution in [0, 0.1) is 0 Å². The van der Waals surface area contributed by atoms with Gasteiger partial charge in [0.05, 0.1) is 18.1 Å². The maximum Gasteiger partial charge on any atom is 0.343 e. The molecule has 212 valence electrons. The van der Waals surface area contributed by atoms with Gasteiger partial charge in [-0.05, 0) is 78.8 Å². The summed E-state index contributed by atoms with van der Waals surface area (Å²) in [6, 6.07) is 3.80. The second-order valence-electron chi connectivity index (χ2n) is 12.7. The number of aliphatic hydroxyl groups is 1. The van der Waals surface area contributed by atoms with Crippen LogP contribution in [0.15, 0.2) is 24.0 Å². The molecule has 1 spiro atoms. The molecule has 39 heavy (non-hydrogen) atoms. The van der Waals surface area contributed by atoms with E-state index in [2.05, 4.69) is 4.90 Å². The fourth-order valence-corrected chi connectivity index (χ4v) is 7.23. The summed E-state index contributed by atoms with van der Waals surface area (Å²) in [5.74, 6) is -1.24. The largest absolute Gasteiger partial charge is 0.493 e. The van der Waals surface area contributed by atoms with Crippen LogP contribution >= 0.6 is 0 Å². The van der Waals surface area contributed by atoms with Gasteiger partial charge in [0.1, 0.15) is 11.4 Å². The highest BCUT2D eigenvalue weighted by atomic mass is 16.8. The lowest BCUT2D eigenvalue weighted by Gasteiger charge is -2.61. The lowest BCUT2D eigenvalue weighted by molar-refractivity contribution is -0.180. The lowest BCUT2D eigenvalue weighted by atomic mass is 9.50. The first-order valence-corrected chi connectivity index (χ1v) is 13.5. The summed E-state index contributed by atoms with van der Waals surface area (Å²) in [7, 11) is 3.62. The monoisotopic (exact) mass is 543 g/mol. The molecule has 2 bridgehead atoms. The molecule has 2 fully saturated rings. The molecule has 6 atom stereocenters. The number of likely N-dealkylation sites (tertiary alicyclic amines) is 1. The van der Waals surface area contributed by atoms with Crippen molar-refractivity contribution >= 4 is 11.9 Å². The molecule has 2 aliphatic carbocycles. The summed E-state index contributed by atoms with van der Waals surface area (Å²) >= 11 is 0. The van der Waals surface area contributed by atoms with E-state index in [9.17, 15) is 14.7 Å². The van der Waals surface area contributed by atoms with Gasteiger partial charge in [-0.3, -0.25) is 0 Å². The molecule has 1 aromatic carbocycles. The van der Waals surface area contributed by atoms with E-state index in [4.69, 9.17) is 28.4 Å². The van der Waals surface area contributed by atoms with Crippen molar-refractivity contribution in [1.29, 1.82) is 0 Å². The highest BCUT2D eigenvalue weighted by Crippen LogP contribution is 2.65. The van der Waals surface area contributed by atoms with Crippen molar-refractivity contribution in [2.75, 3.05) is 20.7 Å². The minimum Gasteiger partial charge on any atom is -0.493 e. The number of ether oxygens (including phenoxy) is 6. The third kappa shape index (κ3) is 3.75. The van der Waals surface area contributed by atoms with E-state index >= 15 is 0 Å². The third-order valence-electron chi connectivity index (χ3n) is 8.74. The molecule has 0 aromatic heterocycles. The Bertz CT molecular complexity index is 1270. The maximum atomic E-state index is 13.6. The summed E-state index contributed by atoms with van der Waals surface area (Å²) in [4.78, 5) is 28.7. The van der Waals surface area contributed by atoms with E-state index in [-0.39, 0.29) is 18.2 Å². The summed E-state index contributed by atoms with van der Waals surface area (Å²) in [5, 5.41) is 12.3. The average Bonchev–Trinajstić information content (AvgIpc) is 3.37. The van der Waals surface area contributed by atoms with E-state index in [1.807, 2.05) is 19.2 Å². The van der Waals surface area contributed by atoms with E-state index in [0.717, 1.165) is 17.7 Å². The Morgan fingerprint density at radius 2 is 1.82 bits per heavy atom. The highest BCUT2D eigenvalue weighted by molar-refractivity contribution is 5.87. The molecule has 5 aliphatic rings. The summed E-state index contributed by atoms with van der Waals surface area (Å²) in [6.45, 7) is 9.22. The third-order valence-corrected chi connectivity index (χ3v) is 8.74. The first-order chi connectivity index (χ1) is 18.2. The summed E-state index contributed by atoms with van der Waals surface area (Å²) in [5.41, 5.74) is -0.680. The molecule has 10 heteroatoms. The van der Waals surface area contributed by atoms with Crippen LogP contribution in [0.2, 0.25) is 0 Å². The number of carbonyl (C=O) groups excluding carboxylic acids is 2. The standard InChI is InChI=1S/C29H37NO9/c1-26(2,3)39-25(32)22-21(37-27(4,5)38-22)24(31)35-17-10-11-29(33)18-14-15-8-9-16(34-7)20-19(15)28(29,23(17)36-20)12-13-30(18)6/h8-10,18,21-23,33H,11-14H2,1-7H3/t18-,21-,22-,23+,28+,29-/m1/s1. The van der Waals surface area contributed by atoms with Gasteiger partial charge in [-0.25, -0.2) is 9.59 Å². The van der Waals surface area contributed by atoms with E-state index in [1.54, 1.807) is 47.8 Å². The van der Waals surface area contributed by atoms with Gasteiger partial charge in [0.2, 0.25) is 0 Å². The van der Waals surface area contributed by atoms with Crippen LogP contribution in [0.4, 0.5) is 0 Å². The maximum absolute atomic E-state index is 13.6. The summed E-state index contributed by atoms with van der Waals surface area (Å²) < 4.78 is 35.3. The van der Waals surface area contributed by atoms with Gasteiger partial charge in [0, 0.05) is 18.0 Å². The van der Waals surface area contributed by atoms with Crippen LogP contribution in [-0.4, -0.2) is 84.0 Å². The zero-order chi connectivity index (χ0) is 28.1. The molecular formula is C29H37NO9. The Kier molecular flexibility index (Phi) is 5.74. The van der Waals surface area contributed by atoms with Gasteiger partial charge in [-0.2, -0.15) is 0 Å². The molecule has 6 rings (SSSR count). The fourth-order valence-electron chi connectivity index (χ4n) is 7.23. The second kappa shape index (κ2) is 8.42. The zero-order valence-corrected chi connectivity index (χ0v) is 23.5. The van der Waals surface area contributed by atoms with E-state index < -0.39 is 52.7 Å². The molecule has 2 saturated heterocycles.